The Balaban J connectivity index is 1.76. The molecule has 0 radical (unpaired) electrons. The second-order valence-electron chi connectivity index (χ2n) is 9.13. The summed E-state index contributed by atoms with van der Waals surface area (Å²) in [5, 5.41) is 14.4. The molecular weight excluding hydrogens is 440 g/mol. The second-order valence-corrected chi connectivity index (χ2v) is 9.13. The summed E-state index contributed by atoms with van der Waals surface area (Å²) in [6.45, 7) is 5.30. The van der Waals surface area contributed by atoms with E-state index in [0.717, 1.165) is 10.2 Å². The summed E-state index contributed by atoms with van der Waals surface area (Å²) >= 11 is 0. The Morgan fingerprint density at radius 1 is 1.06 bits per heavy atom. The van der Waals surface area contributed by atoms with Crippen LogP contribution in [0.3, 0.4) is 0 Å². The lowest BCUT2D eigenvalue weighted by molar-refractivity contribution is 0.282. The Hall–Kier alpha value is -3.65. The Bertz CT molecular complexity index is 1440. The zero-order valence-electron chi connectivity index (χ0n) is 19.4. The van der Waals surface area contributed by atoms with Crippen molar-refractivity contribution < 1.29 is 18.6 Å². The van der Waals surface area contributed by atoms with E-state index in [2.05, 4.69) is 10.1 Å². The highest BCUT2D eigenvalue weighted by Gasteiger charge is 2.19. The molecule has 0 aliphatic carbocycles. The third-order valence-corrected chi connectivity index (χ3v) is 5.79. The molecule has 1 N–H and O–H groups in total. The van der Waals surface area contributed by atoms with E-state index >= 15 is 4.39 Å². The van der Waals surface area contributed by atoms with Crippen molar-refractivity contribution in [3.8, 4) is 17.0 Å². The number of pyridine rings is 1. The van der Waals surface area contributed by atoms with E-state index in [1.165, 1.54) is 37.7 Å². The van der Waals surface area contributed by atoms with Crippen molar-refractivity contribution in [3.63, 3.8) is 0 Å². The number of hydrogen-bond acceptors (Lipinski definition) is 5. The zero-order chi connectivity index (χ0) is 24.6. The SMILES string of the molecule is COc1cc(-c2cc(F)c(Cn3ncc4cc(C(C)(C)C)cc(F)c4c3=O)cc2CO)ccn1. The fourth-order valence-electron chi connectivity index (χ4n) is 3.85. The van der Waals surface area contributed by atoms with Crippen molar-refractivity contribution in [2.45, 2.75) is 39.3 Å². The van der Waals surface area contributed by atoms with Crippen molar-refractivity contribution in [1.82, 2.24) is 14.8 Å². The number of aliphatic hydroxyl groups is 1. The molecule has 0 saturated heterocycles. The molecule has 2 aromatic heterocycles. The van der Waals surface area contributed by atoms with Crippen LogP contribution in [0.25, 0.3) is 21.9 Å². The van der Waals surface area contributed by atoms with Crippen LogP contribution < -0.4 is 10.3 Å². The fraction of sp³-hybridized carbons (Fsp3) is 0.269. The molecule has 2 heterocycles. The quantitative estimate of drug-likeness (QED) is 0.467. The molecule has 0 aliphatic rings. The first-order chi connectivity index (χ1) is 16.1. The number of rotatable bonds is 5. The number of aromatic nitrogens is 3. The Labute approximate surface area is 195 Å². The molecule has 8 heteroatoms. The van der Waals surface area contributed by atoms with Crippen LogP contribution in [0.2, 0.25) is 0 Å². The number of hydrogen-bond donors (Lipinski definition) is 1. The van der Waals surface area contributed by atoms with Crippen molar-refractivity contribution >= 4 is 10.8 Å². The highest BCUT2D eigenvalue weighted by Crippen LogP contribution is 2.29. The number of nitrogens with zero attached hydrogens (tertiary/aromatic N) is 3. The first-order valence-corrected chi connectivity index (χ1v) is 10.7. The Morgan fingerprint density at radius 3 is 2.50 bits per heavy atom. The van der Waals surface area contributed by atoms with Crippen LogP contribution in [-0.4, -0.2) is 27.0 Å². The second kappa shape index (κ2) is 8.95. The lowest BCUT2D eigenvalue weighted by atomic mass is 9.86. The van der Waals surface area contributed by atoms with Crippen LogP contribution in [0, 0.1) is 11.6 Å². The van der Waals surface area contributed by atoms with Crippen LogP contribution in [0.4, 0.5) is 8.78 Å². The smallest absolute Gasteiger partial charge is 0.277 e. The summed E-state index contributed by atoms with van der Waals surface area (Å²) in [6, 6.07) is 9.19. The van der Waals surface area contributed by atoms with Crippen LogP contribution in [0.15, 0.2) is 53.6 Å². The van der Waals surface area contributed by atoms with E-state index in [0.29, 0.717) is 28.0 Å². The molecule has 0 saturated carbocycles. The maximum atomic E-state index is 15.1. The highest BCUT2D eigenvalue weighted by molar-refractivity contribution is 5.82. The Kier molecular flexibility index (Phi) is 6.18. The monoisotopic (exact) mass is 465 g/mol. The molecule has 0 amide bonds. The molecule has 0 atom stereocenters. The van der Waals surface area contributed by atoms with E-state index in [1.807, 2.05) is 20.8 Å². The number of aliphatic hydroxyl groups excluding tert-OH is 1. The summed E-state index contributed by atoms with van der Waals surface area (Å²) in [4.78, 5) is 17.0. The minimum atomic E-state index is -0.650. The first-order valence-electron chi connectivity index (χ1n) is 10.7. The van der Waals surface area contributed by atoms with E-state index in [9.17, 15) is 14.3 Å². The van der Waals surface area contributed by atoms with Crippen LogP contribution >= 0.6 is 0 Å². The number of ether oxygens (including phenoxy) is 1. The zero-order valence-corrected chi connectivity index (χ0v) is 19.4. The molecule has 0 spiro atoms. The van der Waals surface area contributed by atoms with Gasteiger partial charge in [0.2, 0.25) is 5.88 Å². The van der Waals surface area contributed by atoms with Gasteiger partial charge in [0.25, 0.3) is 5.56 Å². The van der Waals surface area contributed by atoms with Gasteiger partial charge in [-0.3, -0.25) is 4.79 Å². The van der Waals surface area contributed by atoms with Crippen LogP contribution in [0.1, 0.15) is 37.5 Å². The number of fused-ring (bicyclic) bond motifs is 1. The first kappa shape index (κ1) is 23.5. The van der Waals surface area contributed by atoms with Gasteiger partial charge in [-0.1, -0.05) is 20.8 Å². The van der Waals surface area contributed by atoms with Gasteiger partial charge in [-0.05, 0) is 58.0 Å². The normalized spacial score (nSPS) is 11.7. The molecule has 6 nitrogen and oxygen atoms in total. The van der Waals surface area contributed by atoms with Crippen molar-refractivity contribution in [3.05, 3.63) is 87.5 Å². The Morgan fingerprint density at radius 2 is 1.82 bits per heavy atom. The molecule has 0 aliphatic heterocycles. The lowest BCUT2D eigenvalue weighted by Crippen LogP contribution is -2.25. The molecule has 176 valence electrons. The van der Waals surface area contributed by atoms with Gasteiger partial charge in [-0.2, -0.15) is 5.10 Å². The maximum absolute atomic E-state index is 15.1. The van der Waals surface area contributed by atoms with Gasteiger partial charge in [-0.25, -0.2) is 18.4 Å². The molecule has 4 rings (SSSR count). The molecule has 2 aromatic carbocycles. The minimum absolute atomic E-state index is 0.0914. The summed E-state index contributed by atoms with van der Waals surface area (Å²) in [5.74, 6) is -0.864. The topological polar surface area (TPSA) is 77.2 Å². The van der Waals surface area contributed by atoms with Gasteiger partial charge in [0.15, 0.2) is 0 Å². The molecular formula is C26H25F2N3O3. The van der Waals surface area contributed by atoms with Gasteiger partial charge >= 0.3 is 0 Å². The predicted octanol–water partition coefficient (Wildman–Crippen LogP) is 4.58. The summed E-state index contributed by atoms with van der Waals surface area (Å²) < 4.78 is 36.1. The summed E-state index contributed by atoms with van der Waals surface area (Å²) in [6.07, 6.45) is 2.94. The largest absolute Gasteiger partial charge is 0.481 e. The fourth-order valence-corrected chi connectivity index (χ4v) is 3.85. The third kappa shape index (κ3) is 4.41. The number of methoxy groups -OCH3 is 1. The minimum Gasteiger partial charge on any atom is -0.481 e. The van der Waals surface area contributed by atoms with Gasteiger partial charge in [0, 0.05) is 23.2 Å². The maximum Gasteiger partial charge on any atom is 0.277 e. The van der Waals surface area contributed by atoms with Gasteiger partial charge in [-0.15, -0.1) is 0 Å². The average molecular weight is 466 g/mol. The molecule has 0 unspecified atom stereocenters. The van der Waals surface area contributed by atoms with Crippen molar-refractivity contribution in [2.75, 3.05) is 7.11 Å². The van der Waals surface area contributed by atoms with Gasteiger partial charge in [0.05, 0.1) is 31.8 Å². The van der Waals surface area contributed by atoms with Gasteiger partial charge < -0.3 is 9.84 Å². The molecule has 0 bridgehead atoms. The standard InChI is InChI=1S/C26H25F2N3O3/c1-26(2,3)19-8-16-12-30-31(25(33)24(16)22(28)10-19)13-17-7-18(14-32)20(11-21(17)27)15-5-6-29-23(9-15)34-4/h5-12,32H,13-14H2,1-4H3. The van der Waals surface area contributed by atoms with Crippen LogP contribution in [-0.2, 0) is 18.6 Å². The van der Waals surface area contributed by atoms with Crippen molar-refractivity contribution in [1.29, 1.82) is 0 Å². The highest BCUT2D eigenvalue weighted by atomic mass is 19.1. The third-order valence-electron chi connectivity index (χ3n) is 5.79. The van der Waals surface area contributed by atoms with E-state index < -0.39 is 17.2 Å². The predicted molar refractivity (Wildman–Crippen MR) is 126 cm³/mol. The molecule has 0 fully saturated rings. The number of benzene rings is 2. The van der Waals surface area contributed by atoms with E-state index in [4.69, 9.17) is 4.74 Å². The molecule has 4 aromatic rings. The van der Waals surface area contributed by atoms with E-state index in [1.54, 1.807) is 18.2 Å². The van der Waals surface area contributed by atoms with E-state index in [-0.39, 0.29) is 29.5 Å². The average Bonchev–Trinajstić information content (AvgIpc) is 2.80. The summed E-state index contributed by atoms with van der Waals surface area (Å²) in [5.41, 5.74) is 1.51. The van der Waals surface area contributed by atoms with Crippen molar-refractivity contribution in [2.24, 2.45) is 0 Å². The van der Waals surface area contributed by atoms with Gasteiger partial charge in [0.1, 0.15) is 11.6 Å². The summed E-state index contributed by atoms with van der Waals surface area (Å²) in [7, 11) is 1.48. The molecule has 34 heavy (non-hydrogen) atoms. The van der Waals surface area contributed by atoms with Crippen LogP contribution in [0.5, 0.6) is 5.88 Å². The number of halogens is 2. The lowest BCUT2D eigenvalue weighted by Gasteiger charge is -2.20.